The van der Waals surface area contributed by atoms with E-state index in [9.17, 15) is 8.42 Å². The maximum Gasteiger partial charge on any atom is 0.246 e. The molecule has 0 saturated carbocycles. The molecule has 1 aromatic heterocycles. The zero-order valence-electron chi connectivity index (χ0n) is 13.1. The predicted octanol–water partition coefficient (Wildman–Crippen LogP) is 2.27. The highest BCUT2D eigenvalue weighted by Gasteiger charge is 2.23. The number of ether oxygens (including phenoxy) is 1. The topological polar surface area (TPSA) is 81.4 Å². The van der Waals surface area contributed by atoms with Crippen LogP contribution in [-0.2, 0) is 10.0 Å². The van der Waals surface area contributed by atoms with Gasteiger partial charge < -0.3 is 9.26 Å². The summed E-state index contributed by atoms with van der Waals surface area (Å²) in [6.45, 7) is 7.49. The molecule has 0 fully saturated rings. The van der Waals surface area contributed by atoms with Crippen molar-refractivity contribution in [3.63, 3.8) is 0 Å². The Morgan fingerprint density at radius 3 is 2.36 bits per heavy atom. The van der Waals surface area contributed by atoms with E-state index in [0.29, 0.717) is 5.69 Å². The summed E-state index contributed by atoms with van der Waals surface area (Å²) in [7, 11) is -3.64. The normalized spacial score (nSPS) is 11.6. The van der Waals surface area contributed by atoms with Gasteiger partial charge in [0.25, 0.3) is 0 Å². The van der Waals surface area contributed by atoms with Crippen molar-refractivity contribution in [1.82, 2.24) is 9.88 Å². The first-order chi connectivity index (χ1) is 10.3. The van der Waals surface area contributed by atoms with E-state index in [0.717, 1.165) is 16.9 Å². The van der Waals surface area contributed by atoms with Crippen LogP contribution in [0.15, 0.2) is 27.6 Å². The summed E-state index contributed by atoms with van der Waals surface area (Å²) >= 11 is 0. The van der Waals surface area contributed by atoms with Gasteiger partial charge in [-0.05, 0) is 38.8 Å². The average molecular weight is 324 g/mol. The summed E-state index contributed by atoms with van der Waals surface area (Å²) < 4.78 is 37.5. The molecule has 2 rings (SSSR count). The van der Waals surface area contributed by atoms with Crippen LogP contribution in [0, 0.1) is 27.7 Å². The van der Waals surface area contributed by atoms with Crippen molar-refractivity contribution in [3.05, 3.63) is 40.8 Å². The van der Waals surface area contributed by atoms with Gasteiger partial charge in [-0.2, -0.15) is 0 Å². The Balaban J connectivity index is 1.97. The van der Waals surface area contributed by atoms with Crippen LogP contribution in [0.3, 0.4) is 0 Å². The fraction of sp³-hybridized carbons (Fsp3) is 0.400. The van der Waals surface area contributed by atoms with Crippen molar-refractivity contribution in [1.29, 1.82) is 0 Å². The first-order valence-corrected chi connectivity index (χ1v) is 8.43. The van der Waals surface area contributed by atoms with Crippen LogP contribution >= 0.6 is 0 Å². The van der Waals surface area contributed by atoms with Crippen molar-refractivity contribution in [2.75, 3.05) is 13.2 Å². The molecular formula is C15H20N2O4S. The van der Waals surface area contributed by atoms with Gasteiger partial charge in [0.05, 0.1) is 0 Å². The van der Waals surface area contributed by atoms with E-state index in [-0.39, 0.29) is 23.8 Å². The smallest absolute Gasteiger partial charge is 0.246 e. The number of aromatic nitrogens is 1. The SMILES string of the molecule is Cc1cccc(C)c1OCCNS(=O)(=O)c1c(C)noc1C. The van der Waals surface area contributed by atoms with Crippen LogP contribution in [0.5, 0.6) is 5.75 Å². The molecule has 6 nitrogen and oxygen atoms in total. The van der Waals surface area contributed by atoms with Crippen molar-refractivity contribution in [2.24, 2.45) is 0 Å². The molecule has 120 valence electrons. The summed E-state index contributed by atoms with van der Waals surface area (Å²) in [6.07, 6.45) is 0. The third-order valence-corrected chi connectivity index (χ3v) is 4.99. The number of rotatable bonds is 6. The van der Waals surface area contributed by atoms with Crippen LogP contribution in [-0.4, -0.2) is 26.7 Å². The maximum absolute atomic E-state index is 12.2. The molecule has 1 N–H and O–H groups in total. The number of hydrogen-bond donors (Lipinski definition) is 1. The average Bonchev–Trinajstić information content (AvgIpc) is 2.77. The molecule has 0 spiro atoms. The molecule has 0 unspecified atom stereocenters. The van der Waals surface area contributed by atoms with Crippen molar-refractivity contribution < 1.29 is 17.7 Å². The molecule has 0 aliphatic carbocycles. The molecule has 1 aromatic carbocycles. The molecule has 0 aliphatic heterocycles. The molecule has 7 heteroatoms. The highest BCUT2D eigenvalue weighted by atomic mass is 32.2. The van der Waals surface area contributed by atoms with E-state index in [1.807, 2.05) is 32.0 Å². The van der Waals surface area contributed by atoms with Gasteiger partial charge in [-0.1, -0.05) is 23.4 Å². The summed E-state index contributed by atoms with van der Waals surface area (Å²) in [4.78, 5) is 0.0968. The highest BCUT2D eigenvalue weighted by molar-refractivity contribution is 7.89. The van der Waals surface area contributed by atoms with Crippen molar-refractivity contribution in [3.8, 4) is 5.75 Å². The molecule has 22 heavy (non-hydrogen) atoms. The lowest BCUT2D eigenvalue weighted by molar-refractivity contribution is 0.318. The second kappa shape index (κ2) is 6.50. The summed E-state index contributed by atoms with van der Waals surface area (Å²) in [5.41, 5.74) is 2.39. The molecule has 1 heterocycles. The first kappa shape index (κ1) is 16.5. The Bertz CT molecular complexity index is 726. The fourth-order valence-corrected chi connectivity index (χ4v) is 3.62. The first-order valence-electron chi connectivity index (χ1n) is 6.94. The molecule has 0 radical (unpaired) electrons. The van der Waals surface area contributed by atoms with Gasteiger partial charge in [0, 0.05) is 6.54 Å². The van der Waals surface area contributed by atoms with Gasteiger partial charge >= 0.3 is 0 Å². The van der Waals surface area contributed by atoms with Crippen molar-refractivity contribution >= 4 is 10.0 Å². The third kappa shape index (κ3) is 3.48. The Kier molecular flexibility index (Phi) is 4.87. The minimum Gasteiger partial charge on any atom is -0.492 e. The number of sulfonamides is 1. The van der Waals surface area contributed by atoms with E-state index < -0.39 is 10.0 Å². The van der Waals surface area contributed by atoms with Gasteiger partial charge in [-0.15, -0.1) is 0 Å². The Hall–Kier alpha value is -1.86. The second-order valence-corrected chi connectivity index (χ2v) is 6.82. The van der Waals surface area contributed by atoms with Gasteiger partial charge in [-0.3, -0.25) is 0 Å². The molecule has 2 aromatic rings. The quantitative estimate of drug-likeness (QED) is 0.824. The molecular weight excluding hydrogens is 304 g/mol. The Labute approximate surface area is 130 Å². The van der Waals surface area contributed by atoms with Gasteiger partial charge in [-0.25, -0.2) is 13.1 Å². The Morgan fingerprint density at radius 1 is 1.18 bits per heavy atom. The monoisotopic (exact) mass is 324 g/mol. The lowest BCUT2D eigenvalue weighted by Gasteiger charge is -2.12. The van der Waals surface area contributed by atoms with Crippen LogP contribution in [0.25, 0.3) is 0 Å². The minimum atomic E-state index is -3.64. The lowest BCUT2D eigenvalue weighted by Crippen LogP contribution is -2.29. The van der Waals surface area contributed by atoms with Gasteiger partial charge in [0.15, 0.2) is 5.76 Å². The number of hydrogen-bond acceptors (Lipinski definition) is 5. The number of nitrogens with zero attached hydrogens (tertiary/aromatic N) is 1. The van der Waals surface area contributed by atoms with Crippen LogP contribution in [0.4, 0.5) is 0 Å². The zero-order chi connectivity index (χ0) is 16.3. The van der Waals surface area contributed by atoms with Gasteiger partial charge in [0.2, 0.25) is 10.0 Å². The minimum absolute atomic E-state index is 0.0968. The highest BCUT2D eigenvalue weighted by Crippen LogP contribution is 2.22. The van der Waals surface area contributed by atoms with Crippen LogP contribution in [0.2, 0.25) is 0 Å². The van der Waals surface area contributed by atoms with Crippen LogP contribution in [0.1, 0.15) is 22.6 Å². The third-order valence-electron chi connectivity index (χ3n) is 3.29. The molecule has 0 bridgehead atoms. The standard InChI is InChI=1S/C15H20N2O4S/c1-10-6-5-7-11(2)14(10)20-9-8-16-22(18,19)15-12(3)17-21-13(15)4/h5-7,16H,8-9H2,1-4H3. The molecule has 0 aliphatic rings. The predicted molar refractivity (Wildman–Crippen MR) is 82.6 cm³/mol. The van der Waals surface area contributed by atoms with E-state index in [1.54, 1.807) is 13.8 Å². The Morgan fingerprint density at radius 2 is 1.82 bits per heavy atom. The number of benzene rings is 1. The molecule has 0 amide bonds. The van der Waals surface area contributed by atoms with E-state index >= 15 is 0 Å². The van der Waals surface area contributed by atoms with E-state index in [1.165, 1.54) is 0 Å². The summed E-state index contributed by atoms with van der Waals surface area (Å²) in [6, 6.07) is 5.87. The summed E-state index contributed by atoms with van der Waals surface area (Å²) in [5.74, 6) is 1.07. The van der Waals surface area contributed by atoms with Crippen molar-refractivity contribution in [2.45, 2.75) is 32.6 Å². The number of para-hydroxylation sites is 1. The largest absolute Gasteiger partial charge is 0.492 e. The molecule has 0 saturated heterocycles. The van der Waals surface area contributed by atoms with Gasteiger partial charge in [0.1, 0.15) is 22.9 Å². The maximum atomic E-state index is 12.2. The fourth-order valence-electron chi connectivity index (χ4n) is 2.29. The second-order valence-electron chi connectivity index (χ2n) is 5.12. The number of aryl methyl sites for hydroxylation is 4. The number of nitrogens with one attached hydrogen (secondary N) is 1. The lowest BCUT2D eigenvalue weighted by atomic mass is 10.1. The summed E-state index contributed by atoms with van der Waals surface area (Å²) in [5, 5.41) is 3.66. The zero-order valence-corrected chi connectivity index (χ0v) is 14.0. The van der Waals surface area contributed by atoms with E-state index in [2.05, 4.69) is 9.88 Å². The van der Waals surface area contributed by atoms with E-state index in [4.69, 9.17) is 9.26 Å². The van der Waals surface area contributed by atoms with Crippen LogP contribution < -0.4 is 9.46 Å². The molecule has 0 atom stereocenters.